The van der Waals surface area contributed by atoms with Gasteiger partial charge in [-0.1, -0.05) is 65.7 Å². The molecule has 3 aromatic carbocycles. The van der Waals surface area contributed by atoms with E-state index >= 15 is 0 Å². The van der Waals surface area contributed by atoms with E-state index in [0.717, 1.165) is 27.9 Å². The van der Waals surface area contributed by atoms with Gasteiger partial charge in [0.25, 0.3) is 5.91 Å². The van der Waals surface area contributed by atoms with Crippen LogP contribution in [0.2, 0.25) is 5.02 Å². The lowest BCUT2D eigenvalue weighted by Gasteiger charge is -2.33. The minimum atomic E-state index is -1.07. The lowest BCUT2D eigenvalue weighted by atomic mass is 10.1. The quantitative estimate of drug-likeness (QED) is 0.508. The highest BCUT2D eigenvalue weighted by Gasteiger charge is 2.59. The van der Waals surface area contributed by atoms with Crippen LogP contribution in [0.3, 0.4) is 0 Å². The number of thioether (sulfide) groups is 1. The van der Waals surface area contributed by atoms with E-state index in [2.05, 4.69) is 11.4 Å². The molecule has 1 atom stereocenters. The zero-order valence-corrected chi connectivity index (χ0v) is 20.0. The van der Waals surface area contributed by atoms with Crippen molar-refractivity contribution in [1.29, 1.82) is 0 Å². The van der Waals surface area contributed by atoms with Gasteiger partial charge in [-0.3, -0.25) is 9.69 Å². The maximum atomic E-state index is 14.0. The molecule has 0 aromatic heterocycles. The van der Waals surface area contributed by atoms with Gasteiger partial charge in [-0.2, -0.15) is 0 Å². The van der Waals surface area contributed by atoms with Gasteiger partial charge in [0.1, 0.15) is 0 Å². The van der Waals surface area contributed by atoms with E-state index in [9.17, 15) is 9.59 Å². The van der Waals surface area contributed by atoms with Crippen molar-refractivity contribution in [3.8, 4) is 0 Å². The highest BCUT2D eigenvalue weighted by molar-refractivity contribution is 8.01. The summed E-state index contributed by atoms with van der Waals surface area (Å²) in [7, 11) is 0. The van der Waals surface area contributed by atoms with Gasteiger partial charge in [-0.25, -0.2) is 4.79 Å². The van der Waals surface area contributed by atoms with Crippen molar-refractivity contribution in [3.63, 3.8) is 0 Å². The molecule has 5 rings (SSSR count). The van der Waals surface area contributed by atoms with E-state index in [1.807, 2.05) is 73.3 Å². The van der Waals surface area contributed by atoms with Crippen molar-refractivity contribution in [1.82, 2.24) is 4.90 Å². The smallest absolute Gasteiger partial charge is 0.308 e. The first-order valence-electron chi connectivity index (χ1n) is 10.9. The summed E-state index contributed by atoms with van der Waals surface area (Å²) in [5, 5.41) is 3.53. The number of hydrogen-bond acceptors (Lipinski definition) is 3. The number of carbonyl (C=O) groups excluding carboxylic acids is 2. The molecule has 3 amide bonds. The number of benzene rings is 3. The Labute approximate surface area is 202 Å². The van der Waals surface area contributed by atoms with Crippen molar-refractivity contribution < 1.29 is 9.59 Å². The predicted molar refractivity (Wildman–Crippen MR) is 135 cm³/mol. The number of fused-ring (bicyclic) bond motifs is 2. The fraction of sp³-hybridized carbons (Fsp3) is 0.231. The number of para-hydroxylation sites is 1. The Morgan fingerprint density at radius 1 is 1.09 bits per heavy atom. The molecule has 0 unspecified atom stereocenters. The third-order valence-corrected chi connectivity index (χ3v) is 8.02. The fourth-order valence-corrected chi connectivity index (χ4v) is 6.22. The first-order valence-corrected chi connectivity index (χ1v) is 12.2. The van der Waals surface area contributed by atoms with Crippen LogP contribution >= 0.6 is 23.4 Å². The Balaban J connectivity index is 1.50. The number of rotatable bonds is 3. The number of aryl methyl sites for hydroxylation is 2. The van der Waals surface area contributed by atoms with Gasteiger partial charge < -0.3 is 10.2 Å². The third kappa shape index (κ3) is 3.67. The first kappa shape index (κ1) is 21.9. The number of amides is 3. The molecule has 7 heteroatoms. The Morgan fingerprint density at radius 2 is 1.91 bits per heavy atom. The minimum absolute atomic E-state index is 0.0789. The van der Waals surface area contributed by atoms with Crippen LogP contribution < -0.4 is 10.2 Å². The highest BCUT2D eigenvalue weighted by atomic mass is 35.5. The van der Waals surface area contributed by atoms with Crippen LogP contribution in [-0.2, 0) is 16.2 Å². The highest BCUT2D eigenvalue weighted by Crippen LogP contribution is 2.54. The Morgan fingerprint density at radius 3 is 2.70 bits per heavy atom. The first-order chi connectivity index (χ1) is 15.9. The van der Waals surface area contributed by atoms with E-state index < -0.39 is 4.87 Å². The van der Waals surface area contributed by atoms with Crippen LogP contribution in [0.4, 0.5) is 16.2 Å². The molecule has 5 nitrogen and oxygen atoms in total. The Kier molecular flexibility index (Phi) is 5.59. The van der Waals surface area contributed by atoms with Gasteiger partial charge in [0.2, 0.25) is 0 Å². The predicted octanol–water partition coefficient (Wildman–Crippen LogP) is 5.94. The van der Waals surface area contributed by atoms with Gasteiger partial charge in [0.05, 0.1) is 12.2 Å². The molecule has 0 saturated carbocycles. The SMILES string of the molecule is Cc1cccc(CN2C(=O)[C@]3(SCCN3C(=O)Nc3ccc(C)c(Cl)c3)c3ccccc32)c1. The molecule has 0 bridgehead atoms. The molecule has 2 aliphatic heterocycles. The van der Waals surface area contributed by atoms with Crippen LogP contribution in [0.15, 0.2) is 66.7 Å². The number of halogens is 1. The van der Waals surface area contributed by atoms with Gasteiger partial charge in [0.15, 0.2) is 4.87 Å². The van der Waals surface area contributed by atoms with Crippen LogP contribution in [0.25, 0.3) is 0 Å². The normalized spacial score (nSPS) is 19.3. The van der Waals surface area contributed by atoms with E-state index in [4.69, 9.17) is 11.6 Å². The lowest BCUT2D eigenvalue weighted by Crippen LogP contribution is -2.51. The number of nitrogens with one attached hydrogen (secondary N) is 1. The monoisotopic (exact) mass is 477 g/mol. The summed E-state index contributed by atoms with van der Waals surface area (Å²) in [6.07, 6.45) is 0. The molecule has 2 aliphatic rings. The molecule has 33 heavy (non-hydrogen) atoms. The Bertz CT molecular complexity index is 1260. The van der Waals surface area contributed by atoms with Gasteiger partial charge in [-0.15, -0.1) is 11.8 Å². The van der Waals surface area contributed by atoms with Crippen LogP contribution in [0, 0.1) is 13.8 Å². The fourth-order valence-electron chi connectivity index (χ4n) is 4.58. The zero-order valence-electron chi connectivity index (χ0n) is 18.5. The summed E-state index contributed by atoms with van der Waals surface area (Å²) < 4.78 is 0. The maximum Gasteiger partial charge on any atom is 0.323 e. The third-order valence-electron chi connectivity index (χ3n) is 6.19. The van der Waals surface area contributed by atoms with E-state index in [1.54, 1.807) is 11.0 Å². The summed E-state index contributed by atoms with van der Waals surface area (Å²) >= 11 is 7.77. The molecule has 0 radical (unpaired) electrons. The van der Waals surface area contributed by atoms with Crippen LogP contribution in [0.1, 0.15) is 22.3 Å². The van der Waals surface area contributed by atoms with Crippen molar-refractivity contribution in [2.45, 2.75) is 25.3 Å². The van der Waals surface area contributed by atoms with Crippen LogP contribution in [-0.4, -0.2) is 29.1 Å². The molecule has 0 aliphatic carbocycles. The molecule has 1 fully saturated rings. The summed E-state index contributed by atoms with van der Waals surface area (Å²) in [6, 6.07) is 21.1. The second kappa shape index (κ2) is 8.43. The number of nitrogens with zero attached hydrogens (tertiary/aromatic N) is 2. The average molecular weight is 478 g/mol. The standard InChI is InChI=1S/C26H24ClN3O2S/c1-17-6-5-7-19(14-17)16-29-23-9-4-3-8-21(23)26(24(29)31)30(12-13-33-26)25(32)28-20-11-10-18(2)22(27)15-20/h3-11,14-15H,12-13,16H2,1-2H3,(H,28,32)/t26-/m1/s1. The average Bonchev–Trinajstić information content (AvgIpc) is 3.34. The largest absolute Gasteiger partial charge is 0.323 e. The van der Waals surface area contributed by atoms with E-state index in [-0.39, 0.29) is 11.9 Å². The topological polar surface area (TPSA) is 52.7 Å². The van der Waals surface area contributed by atoms with Crippen molar-refractivity contribution in [2.24, 2.45) is 0 Å². The van der Waals surface area contributed by atoms with Crippen molar-refractivity contribution in [3.05, 3.63) is 94.0 Å². The van der Waals surface area contributed by atoms with Gasteiger partial charge >= 0.3 is 6.03 Å². The van der Waals surface area contributed by atoms with Crippen molar-refractivity contribution >= 4 is 46.7 Å². The van der Waals surface area contributed by atoms with Crippen molar-refractivity contribution in [2.75, 3.05) is 22.5 Å². The number of hydrogen-bond donors (Lipinski definition) is 1. The second-order valence-electron chi connectivity index (χ2n) is 8.44. The zero-order chi connectivity index (χ0) is 23.2. The summed E-state index contributed by atoms with van der Waals surface area (Å²) in [4.78, 5) is 29.8. The molecule has 1 N–H and O–H groups in total. The minimum Gasteiger partial charge on any atom is -0.308 e. The summed E-state index contributed by atoms with van der Waals surface area (Å²) in [5.74, 6) is 0.602. The molecule has 2 heterocycles. The number of carbonyl (C=O) groups is 2. The van der Waals surface area contributed by atoms with Crippen LogP contribution in [0.5, 0.6) is 0 Å². The molecule has 1 spiro atoms. The second-order valence-corrected chi connectivity index (χ2v) is 10.1. The molecular formula is C26H24ClN3O2S. The summed E-state index contributed by atoms with van der Waals surface area (Å²) in [5.41, 5.74) is 5.48. The van der Waals surface area contributed by atoms with E-state index in [0.29, 0.717) is 29.6 Å². The molecule has 1 saturated heterocycles. The Hall–Kier alpha value is -2.96. The van der Waals surface area contributed by atoms with Gasteiger partial charge in [0, 0.05) is 28.6 Å². The number of urea groups is 1. The number of anilines is 2. The summed E-state index contributed by atoms with van der Waals surface area (Å²) in [6.45, 7) is 4.90. The molecular weight excluding hydrogens is 454 g/mol. The molecule has 168 valence electrons. The van der Waals surface area contributed by atoms with Gasteiger partial charge in [-0.05, 0) is 43.2 Å². The maximum absolute atomic E-state index is 14.0. The lowest BCUT2D eigenvalue weighted by molar-refractivity contribution is -0.123. The van der Waals surface area contributed by atoms with E-state index in [1.165, 1.54) is 11.8 Å². The molecule has 3 aromatic rings.